The number of likely N-dealkylation sites (N-methyl/N-ethyl adjacent to an activating group) is 1. The Morgan fingerprint density at radius 3 is 2.61 bits per heavy atom. The van der Waals surface area contributed by atoms with Gasteiger partial charge in [-0.25, -0.2) is 8.78 Å². The first kappa shape index (κ1) is 13.4. The van der Waals surface area contributed by atoms with Crippen LogP contribution < -0.4 is 5.73 Å². The van der Waals surface area contributed by atoms with E-state index in [0.29, 0.717) is 19.7 Å². The van der Waals surface area contributed by atoms with Crippen molar-refractivity contribution in [2.24, 2.45) is 5.73 Å². The first-order valence-corrected chi connectivity index (χ1v) is 6.18. The summed E-state index contributed by atoms with van der Waals surface area (Å²) in [4.78, 5) is 2.00. The molecule has 1 aliphatic rings. The number of hydrogen-bond donors (Lipinski definition) is 1. The van der Waals surface area contributed by atoms with Gasteiger partial charge in [0.2, 0.25) is 0 Å². The van der Waals surface area contributed by atoms with Crippen LogP contribution in [0, 0.1) is 11.6 Å². The van der Waals surface area contributed by atoms with Crippen molar-refractivity contribution in [3.8, 4) is 0 Å². The van der Waals surface area contributed by atoms with Crippen molar-refractivity contribution >= 4 is 0 Å². The average Bonchev–Trinajstić information content (AvgIpc) is 2.38. The average molecular weight is 256 g/mol. The van der Waals surface area contributed by atoms with E-state index in [9.17, 15) is 8.78 Å². The van der Waals surface area contributed by atoms with Crippen LogP contribution in [0.2, 0.25) is 0 Å². The minimum Gasteiger partial charge on any atom is -0.374 e. The maximum Gasteiger partial charge on any atom is 0.131 e. The van der Waals surface area contributed by atoms with Crippen LogP contribution in [0.15, 0.2) is 18.2 Å². The summed E-state index contributed by atoms with van der Waals surface area (Å²) in [7, 11) is 0. The van der Waals surface area contributed by atoms with Crippen LogP contribution in [-0.4, -0.2) is 37.2 Å². The van der Waals surface area contributed by atoms with Gasteiger partial charge < -0.3 is 10.5 Å². The second-order valence-electron chi connectivity index (χ2n) is 4.35. The van der Waals surface area contributed by atoms with Crippen LogP contribution in [0.25, 0.3) is 0 Å². The number of halogens is 2. The van der Waals surface area contributed by atoms with Gasteiger partial charge in [0.15, 0.2) is 0 Å². The van der Waals surface area contributed by atoms with Gasteiger partial charge in [-0.3, -0.25) is 4.90 Å². The van der Waals surface area contributed by atoms with Crippen molar-refractivity contribution < 1.29 is 13.5 Å². The lowest BCUT2D eigenvalue weighted by atomic mass is 9.97. The Morgan fingerprint density at radius 2 is 2.06 bits per heavy atom. The molecular weight excluding hydrogens is 238 g/mol. The molecule has 18 heavy (non-hydrogen) atoms. The normalized spacial score (nSPS) is 25.3. The minimum absolute atomic E-state index is 0.0644. The molecule has 0 amide bonds. The Balaban J connectivity index is 2.42. The zero-order valence-corrected chi connectivity index (χ0v) is 10.4. The number of nitrogens with zero attached hydrogens (tertiary/aromatic N) is 1. The van der Waals surface area contributed by atoms with Crippen molar-refractivity contribution in [2.75, 3.05) is 26.2 Å². The topological polar surface area (TPSA) is 38.5 Å². The van der Waals surface area contributed by atoms with Gasteiger partial charge in [0, 0.05) is 18.7 Å². The highest BCUT2D eigenvalue weighted by atomic mass is 19.1. The summed E-state index contributed by atoms with van der Waals surface area (Å²) in [6.45, 7) is 4.12. The molecule has 2 rings (SSSR count). The van der Waals surface area contributed by atoms with Gasteiger partial charge in [-0.05, 0) is 18.7 Å². The molecule has 2 N–H and O–H groups in total. The van der Waals surface area contributed by atoms with Crippen molar-refractivity contribution in [3.63, 3.8) is 0 Å². The van der Waals surface area contributed by atoms with E-state index in [2.05, 4.69) is 0 Å². The number of morpholine rings is 1. The maximum atomic E-state index is 13.9. The summed E-state index contributed by atoms with van der Waals surface area (Å²) in [6, 6.07) is 3.46. The van der Waals surface area contributed by atoms with Crippen LogP contribution in [0.5, 0.6) is 0 Å². The van der Waals surface area contributed by atoms with Gasteiger partial charge in [0.05, 0.1) is 18.8 Å². The molecule has 1 aliphatic heterocycles. The predicted molar refractivity (Wildman–Crippen MR) is 65.1 cm³/mol. The van der Waals surface area contributed by atoms with Crippen LogP contribution in [0.1, 0.15) is 18.5 Å². The van der Waals surface area contributed by atoms with Gasteiger partial charge in [-0.15, -0.1) is 0 Å². The Morgan fingerprint density at radius 1 is 1.39 bits per heavy atom. The molecule has 1 fully saturated rings. The van der Waals surface area contributed by atoms with E-state index in [0.717, 1.165) is 0 Å². The number of ether oxygens (including phenoxy) is 1. The standard InChI is InChI=1S/C13H18F2N2O/c1-2-17-6-7-18-11(8-16)13(17)12-9(14)4-3-5-10(12)15/h3-5,11,13H,2,6-8,16H2,1H3. The summed E-state index contributed by atoms with van der Waals surface area (Å²) in [5, 5.41) is 0. The van der Waals surface area contributed by atoms with Crippen LogP contribution in [-0.2, 0) is 4.74 Å². The van der Waals surface area contributed by atoms with Crippen molar-refractivity contribution in [3.05, 3.63) is 35.4 Å². The summed E-state index contributed by atoms with van der Waals surface area (Å²) >= 11 is 0. The number of nitrogens with two attached hydrogens (primary N) is 1. The zero-order valence-electron chi connectivity index (χ0n) is 10.4. The molecule has 3 nitrogen and oxygen atoms in total. The number of rotatable bonds is 3. The highest BCUT2D eigenvalue weighted by molar-refractivity contribution is 5.25. The van der Waals surface area contributed by atoms with Gasteiger partial charge >= 0.3 is 0 Å². The minimum atomic E-state index is -0.539. The van der Waals surface area contributed by atoms with Crippen LogP contribution >= 0.6 is 0 Å². The fraction of sp³-hybridized carbons (Fsp3) is 0.538. The monoisotopic (exact) mass is 256 g/mol. The largest absolute Gasteiger partial charge is 0.374 e. The molecule has 100 valence electrons. The molecular formula is C13H18F2N2O. The van der Waals surface area contributed by atoms with Gasteiger partial charge in [-0.2, -0.15) is 0 Å². The summed E-state index contributed by atoms with van der Waals surface area (Å²) < 4.78 is 33.3. The molecule has 2 unspecified atom stereocenters. The molecule has 0 radical (unpaired) electrons. The van der Waals surface area contributed by atoms with Gasteiger partial charge in [-0.1, -0.05) is 13.0 Å². The van der Waals surface area contributed by atoms with Crippen LogP contribution in [0.3, 0.4) is 0 Å². The summed E-state index contributed by atoms with van der Waals surface area (Å²) in [6.07, 6.45) is -0.370. The molecule has 1 aromatic carbocycles. The third-order valence-corrected chi connectivity index (χ3v) is 3.39. The lowest BCUT2D eigenvalue weighted by Crippen LogP contribution is -2.48. The smallest absolute Gasteiger partial charge is 0.131 e. The molecule has 0 saturated carbocycles. The SMILES string of the molecule is CCN1CCOC(CN)C1c1c(F)cccc1F. The molecule has 0 spiro atoms. The zero-order chi connectivity index (χ0) is 13.1. The quantitative estimate of drug-likeness (QED) is 0.894. The van der Waals surface area contributed by atoms with E-state index in [1.807, 2.05) is 11.8 Å². The van der Waals surface area contributed by atoms with E-state index in [4.69, 9.17) is 10.5 Å². The third-order valence-electron chi connectivity index (χ3n) is 3.39. The van der Waals surface area contributed by atoms with E-state index in [1.54, 1.807) is 0 Å². The third kappa shape index (κ3) is 2.39. The molecule has 1 aromatic rings. The maximum absolute atomic E-state index is 13.9. The first-order chi connectivity index (χ1) is 8.69. The highest BCUT2D eigenvalue weighted by Gasteiger charge is 2.35. The second-order valence-corrected chi connectivity index (χ2v) is 4.35. The Bertz CT molecular complexity index is 382. The molecule has 5 heteroatoms. The summed E-state index contributed by atoms with van der Waals surface area (Å²) in [5.41, 5.74) is 5.72. The van der Waals surface area contributed by atoms with E-state index in [1.165, 1.54) is 18.2 Å². The first-order valence-electron chi connectivity index (χ1n) is 6.18. The van der Waals surface area contributed by atoms with Crippen molar-refractivity contribution in [2.45, 2.75) is 19.1 Å². The van der Waals surface area contributed by atoms with E-state index >= 15 is 0 Å². The summed E-state index contributed by atoms with van der Waals surface area (Å²) in [5.74, 6) is -1.08. The number of hydrogen-bond acceptors (Lipinski definition) is 3. The lowest BCUT2D eigenvalue weighted by molar-refractivity contribution is -0.0679. The Kier molecular flexibility index (Phi) is 4.27. The molecule has 0 bridgehead atoms. The molecule has 1 saturated heterocycles. The molecule has 0 aromatic heterocycles. The van der Waals surface area contributed by atoms with Crippen molar-refractivity contribution in [1.29, 1.82) is 0 Å². The van der Waals surface area contributed by atoms with Gasteiger partial charge in [0.1, 0.15) is 11.6 Å². The predicted octanol–water partition coefficient (Wildman–Crippen LogP) is 1.69. The fourth-order valence-electron chi connectivity index (χ4n) is 2.50. The molecule has 0 aliphatic carbocycles. The second kappa shape index (κ2) is 5.73. The lowest BCUT2D eigenvalue weighted by Gasteiger charge is -2.40. The Labute approximate surface area is 106 Å². The number of benzene rings is 1. The molecule has 1 heterocycles. The van der Waals surface area contributed by atoms with Crippen LogP contribution in [0.4, 0.5) is 8.78 Å². The van der Waals surface area contributed by atoms with E-state index in [-0.39, 0.29) is 18.2 Å². The Hall–Kier alpha value is -1.04. The van der Waals surface area contributed by atoms with Crippen molar-refractivity contribution in [1.82, 2.24) is 4.90 Å². The molecule has 2 atom stereocenters. The fourth-order valence-corrected chi connectivity index (χ4v) is 2.50. The van der Waals surface area contributed by atoms with Gasteiger partial charge in [0.25, 0.3) is 0 Å². The highest BCUT2D eigenvalue weighted by Crippen LogP contribution is 2.32. The van der Waals surface area contributed by atoms with E-state index < -0.39 is 17.7 Å².